The lowest BCUT2D eigenvalue weighted by Gasteiger charge is -2.22. The van der Waals surface area contributed by atoms with Gasteiger partial charge in [0.15, 0.2) is 0 Å². The molecule has 4 nitrogen and oxygen atoms in total. The fraction of sp³-hybridized carbons (Fsp3) is 0.900. The Morgan fingerprint density at radius 1 is 1.36 bits per heavy atom. The molecular formula is C10H20N2O2. The van der Waals surface area contributed by atoms with Crippen LogP contribution in [0.15, 0.2) is 0 Å². The molecule has 1 rings (SSSR count). The van der Waals surface area contributed by atoms with E-state index in [0.717, 1.165) is 25.9 Å². The number of carbonyl (C=O) groups excluding carboxylic acids is 1. The van der Waals surface area contributed by atoms with Crippen LogP contribution in [-0.4, -0.2) is 41.8 Å². The molecule has 1 aliphatic rings. The summed E-state index contributed by atoms with van der Waals surface area (Å²) in [6, 6.07) is -0.181. The van der Waals surface area contributed by atoms with Crippen LogP contribution in [0.4, 0.5) is 4.79 Å². The molecule has 14 heavy (non-hydrogen) atoms. The highest BCUT2D eigenvalue weighted by molar-refractivity contribution is 5.74. The first-order chi connectivity index (χ1) is 6.74. The third kappa shape index (κ3) is 3.54. The largest absolute Gasteiger partial charge is 0.394 e. The number of nitrogens with one attached hydrogen (secondary N) is 1. The van der Waals surface area contributed by atoms with E-state index < -0.39 is 0 Å². The summed E-state index contributed by atoms with van der Waals surface area (Å²) in [6.07, 6.45) is 4.64. The molecule has 0 aliphatic carbocycles. The van der Waals surface area contributed by atoms with Crippen molar-refractivity contribution in [1.29, 1.82) is 0 Å². The van der Waals surface area contributed by atoms with Crippen molar-refractivity contribution in [2.75, 3.05) is 19.7 Å². The van der Waals surface area contributed by atoms with Crippen molar-refractivity contribution in [2.45, 2.75) is 38.6 Å². The van der Waals surface area contributed by atoms with Gasteiger partial charge in [-0.05, 0) is 19.8 Å². The molecule has 0 spiro atoms. The number of urea groups is 1. The van der Waals surface area contributed by atoms with Gasteiger partial charge in [-0.3, -0.25) is 0 Å². The maximum Gasteiger partial charge on any atom is 0.317 e. The molecule has 1 saturated heterocycles. The van der Waals surface area contributed by atoms with E-state index in [0.29, 0.717) is 0 Å². The lowest BCUT2D eigenvalue weighted by molar-refractivity contribution is 0.186. The molecule has 0 aromatic rings. The predicted molar refractivity (Wildman–Crippen MR) is 55.1 cm³/mol. The van der Waals surface area contributed by atoms with Gasteiger partial charge in [0.25, 0.3) is 0 Å². The van der Waals surface area contributed by atoms with E-state index in [1.165, 1.54) is 12.8 Å². The fourth-order valence-electron chi connectivity index (χ4n) is 1.62. The minimum atomic E-state index is -0.147. The van der Waals surface area contributed by atoms with Crippen molar-refractivity contribution >= 4 is 6.03 Å². The topological polar surface area (TPSA) is 52.6 Å². The van der Waals surface area contributed by atoms with E-state index in [1.54, 1.807) is 6.92 Å². The number of hydrogen-bond acceptors (Lipinski definition) is 2. The van der Waals surface area contributed by atoms with Crippen molar-refractivity contribution in [3.63, 3.8) is 0 Å². The minimum Gasteiger partial charge on any atom is -0.394 e. The van der Waals surface area contributed by atoms with E-state index in [1.807, 2.05) is 4.90 Å². The molecule has 1 fully saturated rings. The van der Waals surface area contributed by atoms with Gasteiger partial charge in [0.1, 0.15) is 0 Å². The third-order valence-corrected chi connectivity index (χ3v) is 2.54. The fourth-order valence-corrected chi connectivity index (χ4v) is 1.62. The van der Waals surface area contributed by atoms with Crippen molar-refractivity contribution in [3.05, 3.63) is 0 Å². The number of aliphatic hydroxyl groups is 1. The van der Waals surface area contributed by atoms with Gasteiger partial charge < -0.3 is 15.3 Å². The van der Waals surface area contributed by atoms with Gasteiger partial charge in [-0.1, -0.05) is 12.8 Å². The molecule has 1 heterocycles. The average molecular weight is 200 g/mol. The van der Waals surface area contributed by atoms with E-state index in [-0.39, 0.29) is 18.7 Å². The maximum atomic E-state index is 11.6. The van der Waals surface area contributed by atoms with Gasteiger partial charge in [0, 0.05) is 13.1 Å². The van der Waals surface area contributed by atoms with E-state index >= 15 is 0 Å². The zero-order chi connectivity index (χ0) is 10.4. The van der Waals surface area contributed by atoms with Crippen molar-refractivity contribution < 1.29 is 9.90 Å². The summed E-state index contributed by atoms with van der Waals surface area (Å²) in [5.74, 6) is 0. The first kappa shape index (κ1) is 11.3. The normalized spacial score (nSPS) is 20.0. The van der Waals surface area contributed by atoms with Gasteiger partial charge in [0.2, 0.25) is 0 Å². The van der Waals surface area contributed by atoms with Crippen LogP contribution in [0.5, 0.6) is 0 Å². The maximum absolute atomic E-state index is 11.6. The number of nitrogens with zero attached hydrogens (tertiary/aromatic N) is 1. The van der Waals surface area contributed by atoms with Crippen LogP contribution in [0.2, 0.25) is 0 Å². The zero-order valence-corrected chi connectivity index (χ0v) is 8.83. The van der Waals surface area contributed by atoms with Crippen molar-refractivity contribution in [2.24, 2.45) is 0 Å². The SMILES string of the molecule is C[C@H](CO)NC(=O)N1CCCCCC1. The Labute approximate surface area is 85.3 Å². The lowest BCUT2D eigenvalue weighted by atomic mass is 10.2. The second-order valence-corrected chi connectivity index (χ2v) is 3.93. The number of aliphatic hydroxyl groups excluding tert-OH is 1. The molecule has 0 radical (unpaired) electrons. The van der Waals surface area contributed by atoms with Gasteiger partial charge in [-0.2, -0.15) is 0 Å². The van der Waals surface area contributed by atoms with Crippen LogP contribution in [0.25, 0.3) is 0 Å². The van der Waals surface area contributed by atoms with E-state index in [9.17, 15) is 4.79 Å². The molecule has 0 bridgehead atoms. The lowest BCUT2D eigenvalue weighted by Crippen LogP contribution is -2.45. The summed E-state index contributed by atoms with van der Waals surface area (Å²) in [5, 5.41) is 11.6. The zero-order valence-electron chi connectivity index (χ0n) is 8.83. The first-order valence-electron chi connectivity index (χ1n) is 5.40. The highest BCUT2D eigenvalue weighted by Gasteiger charge is 2.16. The molecule has 2 N–H and O–H groups in total. The van der Waals surface area contributed by atoms with Gasteiger partial charge >= 0.3 is 6.03 Å². The Bertz CT molecular complexity index is 177. The summed E-state index contributed by atoms with van der Waals surface area (Å²) >= 11 is 0. The molecule has 2 amide bonds. The number of rotatable bonds is 2. The van der Waals surface area contributed by atoms with Gasteiger partial charge in [-0.15, -0.1) is 0 Å². The second kappa shape index (κ2) is 5.86. The Hall–Kier alpha value is -0.770. The standard InChI is InChI=1S/C10H20N2O2/c1-9(8-13)11-10(14)12-6-4-2-3-5-7-12/h9,13H,2-8H2,1H3,(H,11,14)/t9-/m1/s1. The van der Waals surface area contributed by atoms with Gasteiger partial charge in [-0.25, -0.2) is 4.79 Å². The van der Waals surface area contributed by atoms with Crippen LogP contribution >= 0.6 is 0 Å². The predicted octanol–water partition coefficient (Wildman–Crippen LogP) is 0.953. The molecule has 1 aliphatic heterocycles. The smallest absolute Gasteiger partial charge is 0.317 e. The van der Waals surface area contributed by atoms with Crippen LogP contribution in [0.1, 0.15) is 32.6 Å². The number of likely N-dealkylation sites (tertiary alicyclic amines) is 1. The molecule has 0 unspecified atom stereocenters. The second-order valence-electron chi connectivity index (χ2n) is 3.93. The molecular weight excluding hydrogens is 180 g/mol. The van der Waals surface area contributed by atoms with E-state index in [2.05, 4.69) is 5.32 Å². The van der Waals surface area contributed by atoms with Crippen LogP contribution < -0.4 is 5.32 Å². The average Bonchev–Trinajstić information content (AvgIpc) is 2.45. The summed E-state index contributed by atoms with van der Waals surface area (Å²) in [6.45, 7) is 3.50. The molecule has 82 valence electrons. The van der Waals surface area contributed by atoms with Crippen LogP contribution in [0.3, 0.4) is 0 Å². The van der Waals surface area contributed by atoms with E-state index in [4.69, 9.17) is 5.11 Å². The highest BCUT2D eigenvalue weighted by atomic mass is 16.3. The first-order valence-corrected chi connectivity index (χ1v) is 5.40. The Balaban J connectivity index is 2.34. The summed E-state index contributed by atoms with van der Waals surface area (Å²) < 4.78 is 0. The Morgan fingerprint density at radius 2 is 1.93 bits per heavy atom. The summed E-state index contributed by atoms with van der Waals surface area (Å²) in [4.78, 5) is 13.5. The molecule has 0 aromatic carbocycles. The molecule has 4 heteroatoms. The quantitative estimate of drug-likeness (QED) is 0.697. The number of hydrogen-bond donors (Lipinski definition) is 2. The number of amides is 2. The van der Waals surface area contributed by atoms with Gasteiger partial charge in [0.05, 0.1) is 12.6 Å². The number of carbonyl (C=O) groups is 1. The molecule has 0 saturated carbocycles. The van der Waals surface area contributed by atoms with Crippen molar-refractivity contribution in [3.8, 4) is 0 Å². The molecule has 0 aromatic heterocycles. The molecule has 1 atom stereocenters. The summed E-state index contributed by atoms with van der Waals surface area (Å²) in [5.41, 5.74) is 0. The monoisotopic (exact) mass is 200 g/mol. The summed E-state index contributed by atoms with van der Waals surface area (Å²) in [7, 11) is 0. The van der Waals surface area contributed by atoms with Crippen LogP contribution in [0, 0.1) is 0 Å². The highest BCUT2D eigenvalue weighted by Crippen LogP contribution is 2.09. The third-order valence-electron chi connectivity index (χ3n) is 2.54. The van der Waals surface area contributed by atoms with Crippen LogP contribution in [-0.2, 0) is 0 Å². The van der Waals surface area contributed by atoms with Crippen molar-refractivity contribution in [1.82, 2.24) is 10.2 Å². The Morgan fingerprint density at radius 3 is 2.43 bits per heavy atom. The Kier molecular flexibility index (Phi) is 4.73. The minimum absolute atomic E-state index is 0.000417.